The third kappa shape index (κ3) is 8.92. The quantitative estimate of drug-likeness (QED) is 0.159. The number of aliphatic hydroxyl groups excluding tert-OH is 1. The number of hydrogen-bond acceptors (Lipinski definition) is 9. The van der Waals surface area contributed by atoms with E-state index in [2.05, 4.69) is 21.3 Å². The van der Waals surface area contributed by atoms with E-state index in [0.29, 0.717) is 75.5 Å². The summed E-state index contributed by atoms with van der Waals surface area (Å²) in [5.74, 6) is 1.05. The Morgan fingerprint density at radius 2 is 1.81 bits per heavy atom. The third-order valence-electron chi connectivity index (χ3n) is 9.52. The minimum absolute atomic E-state index is 0.0308. The van der Waals surface area contributed by atoms with E-state index in [9.17, 15) is 14.7 Å². The van der Waals surface area contributed by atoms with Crippen molar-refractivity contribution < 1.29 is 28.9 Å². The van der Waals surface area contributed by atoms with Crippen molar-refractivity contribution in [1.29, 1.82) is 0 Å². The molecule has 0 saturated carbocycles. The molecule has 1 saturated heterocycles. The number of methoxy groups -OCH3 is 2. The van der Waals surface area contributed by atoms with E-state index < -0.39 is 17.8 Å². The van der Waals surface area contributed by atoms with E-state index in [1.165, 1.54) is 7.11 Å². The van der Waals surface area contributed by atoms with Crippen LogP contribution in [0.1, 0.15) is 57.2 Å². The molecule has 0 radical (unpaired) electrons. The van der Waals surface area contributed by atoms with Crippen LogP contribution in [0.15, 0.2) is 54.7 Å². The lowest BCUT2D eigenvalue weighted by Crippen LogP contribution is -2.43. The molecule has 11 nitrogen and oxygen atoms in total. The first-order valence-electron chi connectivity index (χ1n) is 18.1. The van der Waals surface area contributed by atoms with Gasteiger partial charge in [0.05, 0.1) is 48.3 Å². The Morgan fingerprint density at radius 3 is 2.50 bits per heavy atom. The molecular weight excluding hydrogens is 729 g/mol. The number of nitrogens with one attached hydrogen (secondary N) is 1. The molecule has 1 fully saturated rings. The molecule has 286 valence electrons. The number of rotatable bonds is 11. The lowest BCUT2D eigenvalue weighted by atomic mass is 9.93. The van der Waals surface area contributed by atoms with Crippen LogP contribution in [-0.4, -0.2) is 88.5 Å². The zero-order valence-corrected chi connectivity index (χ0v) is 33.1. The van der Waals surface area contributed by atoms with E-state index in [4.69, 9.17) is 42.4 Å². The molecule has 13 heteroatoms. The molecule has 4 heterocycles. The van der Waals surface area contributed by atoms with Gasteiger partial charge in [-0.05, 0) is 76.4 Å². The van der Waals surface area contributed by atoms with Gasteiger partial charge in [0.2, 0.25) is 11.8 Å². The average molecular weight is 777 g/mol. The van der Waals surface area contributed by atoms with Crippen molar-refractivity contribution in [3.05, 3.63) is 81.5 Å². The first kappa shape index (κ1) is 39.3. The van der Waals surface area contributed by atoms with Crippen LogP contribution < -0.4 is 14.8 Å². The molecule has 2 aliphatic rings. The van der Waals surface area contributed by atoms with Crippen molar-refractivity contribution >= 4 is 35.2 Å². The zero-order valence-electron chi connectivity index (χ0n) is 31.5. The van der Waals surface area contributed by atoms with Gasteiger partial charge in [-0.25, -0.2) is 9.78 Å². The molecule has 54 heavy (non-hydrogen) atoms. The fraction of sp³-hybridized carbons (Fsp3) is 0.415. The van der Waals surface area contributed by atoms with E-state index in [-0.39, 0.29) is 25.0 Å². The number of carbonyl (C=O) groups is 2. The molecule has 2 aliphatic heterocycles. The predicted molar refractivity (Wildman–Crippen MR) is 210 cm³/mol. The van der Waals surface area contributed by atoms with Gasteiger partial charge in [-0.15, -0.1) is 0 Å². The molecule has 0 unspecified atom stereocenters. The summed E-state index contributed by atoms with van der Waals surface area (Å²) < 4.78 is 17.3. The molecule has 2 atom stereocenters. The van der Waals surface area contributed by atoms with Crippen LogP contribution >= 0.6 is 23.2 Å². The van der Waals surface area contributed by atoms with Crippen molar-refractivity contribution in [1.82, 2.24) is 25.1 Å². The van der Waals surface area contributed by atoms with Gasteiger partial charge in [0.25, 0.3) is 0 Å². The number of amides is 2. The number of benzene rings is 2. The van der Waals surface area contributed by atoms with Gasteiger partial charge in [-0.2, -0.15) is 0 Å². The van der Waals surface area contributed by atoms with Crippen molar-refractivity contribution in [2.75, 3.05) is 33.9 Å². The standard InChI is InChI=1S/C41H47Cl2N5O6/c1-24(49)20-47-17-15-25-18-27(19-34(52-5)32(25)23-47)38-37(43)30(14-16-44-38)29-8-7-9-31(36(29)42)33-12-10-26(39(46-33)53-6)21-48(40(51)54-41(2,3)4)22-28-11-13-35(50)45-28/h7-10,12,14,16,18-19,24,28,49H,11,13,15,17,20-23H2,1-6H3,(H,45,50)/t24-,28-/m0/s1. The van der Waals surface area contributed by atoms with Crippen molar-refractivity contribution in [3.63, 3.8) is 0 Å². The summed E-state index contributed by atoms with van der Waals surface area (Å²) in [6.07, 6.45) is 2.68. The first-order chi connectivity index (χ1) is 25.7. The van der Waals surface area contributed by atoms with Crippen LogP contribution in [-0.2, 0) is 29.0 Å². The first-order valence-corrected chi connectivity index (χ1v) is 18.9. The van der Waals surface area contributed by atoms with Gasteiger partial charge in [0.1, 0.15) is 11.4 Å². The average Bonchev–Trinajstić information content (AvgIpc) is 3.54. The van der Waals surface area contributed by atoms with Crippen molar-refractivity contribution in [3.8, 4) is 45.3 Å². The number of aliphatic hydroxyl groups is 1. The smallest absolute Gasteiger partial charge is 0.410 e. The maximum atomic E-state index is 13.3. The largest absolute Gasteiger partial charge is 0.496 e. The van der Waals surface area contributed by atoms with Crippen molar-refractivity contribution in [2.24, 2.45) is 0 Å². The summed E-state index contributed by atoms with van der Waals surface area (Å²) in [5.41, 5.74) is 6.35. The fourth-order valence-corrected chi connectivity index (χ4v) is 7.71. The minimum Gasteiger partial charge on any atom is -0.496 e. The molecule has 0 aliphatic carbocycles. The number of nitrogens with zero attached hydrogens (tertiary/aromatic N) is 4. The molecule has 2 amide bonds. The fourth-order valence-electron chi connectivity index (χ4n) is 7.06. The highest BCUT2D eigenvalue weighted by Crippen LogP contribution is 2.43. The number of ether oxygens (including phenoxy) is 3. The monoisotopic (exact) mass is 775 g/mol. The number of hydrogen-bond donors (Lipinski definition) is 2. The van der Waals surface area contributed by atoms with E-state index in [0.717, 1.165) is 35.4 Å². The highest BCUT2D eigenvalue weighted by Gasteiger charge is 2.30. The predicted octanol–water partition coefficient (Wildman–Crippen LogP) is 7.56. The van der Waals surface area contributed by atoms with Crippen LogP contribution in [0, 0.1) is 0 Å². The summed E-state index contributed by atoms with van der Waals surface area (Å²) in [4.78, 5) is 38.5. The molecule has 2 aromatic heterocycles. The Hall–Kier alpha value is -4.42. The number of pyridine rings is 2. The summed E-state index contributed by atoms with van der Waals surface area (Å²) in [5, 5.41) is 13.8. The molecule has 0 spiro atoms. The van der Waals surface area contributed by atoms with Crippen LogP contribution in [0.2, 0.25) is 10.0 Å². The van der Waals surface area contributed by atoms with E-state index >= 15 is 0 Å². The summed E-state index contributed by atoms with van der Waals surface area (Å²) in [6.45, 7) is 9.81. The number of β-amino-alcohol motifs (C(OH)–C–C–N with tert-alkyl or cyclic N) is 1. The van der Waals surface area contributed by atoms with Crippen LogP contribution in [0.5, 0.6) is 11.6 Å². The van der Waals surface area contributed by atoms with Gasteiger partial charge in [0, 0.05) is 78.2 Å². The Kier molecular flexibility index (Phi) is 12.0. The number of aromatic nitrogens is 2. The van der Waals surface area contributed by atoms with Gasteiger partial charge in [-0.1, -0.05) is 41.4 Å². The number of halogens is 2. The molecule has 6 rings (SSSR count). The minimum atomic E-state index is -0.698. The van der Waals surface area contributed by atoms with Gasteiger partial charge in [0.15, 0.2) is 0 Å². The number of carbonyl (C=O) groups excluding carboxylic acids is 2. The Morgan fingerprint density at radius 1 is 1.06 bits per heavy atom. The normalized spacial score (nSPS) is 16.4. The molecular formula is C41H47Cl2N5O6. The molecule has 4 aromatic rings. The molecule has 2 N–H and O–H groups in total. The highest BCUT2D eigenvalue weighted by molar-refractivity contribution is 6.39. The van der Waals surface area contributed by atoms with Crippen LogP contribution in [0.25, 0.3) is 33.6 Å². The SMILES string of the molecule is COc1cc(-c2nccc(-c3cccc(-c4ccc(CN(C[C@@H]5CCC(=O)N5)C(=O)OC(C)(C)C)c(OC)n4)c3Cl)c2Cl)cc2c1CN(C[C@H](C)O)CC2. The third-order valence-corrected chi connectivity index (χ3v) is 10.3. The molecule has 2 aromatic carbocycles. The lowest BCUT2D eigenvalue weighted by Gasteiger charge is -2.31. The van der Waals surface area contributed by atoms with Crippen LogP contribution in [0.4, 0.5) is 4.79 Å². The maximum absolute atomic E-state index is 13.3. The van der Waals surface area contributed by atoms with Gasteiger partial charge >= 0.3 is 6.09 Å². The number of fused-ring (bicyclic) bond motifs is 1. The maximum Gasteiger partial charge on any atom is 0.410 e. The van der Waals surface area contributed by atoms with E-state index in [1.54, 1.807) is 25.1 Å². The highest BCUT2D eigenvalue weighted by atomic mass is 35.5. The second-order valence-electron chi connectivity index (χ2n) is 14.9. The molecule has 0 bridgehead atoms. The van der Waals surface area contributed by atoms with Crippen molar-refractivity contribution in [2.45, 2.75) is 77.8 Å². The summed E-state index contributed by atoms with van der Waals surface area (Å²) >= 11 is 14.3. The Balaban J connectivity index is 1.29. The topological polar surface area (TPSA) is 126 Å². The Labute approximate surface area is 326 Å². The van der Waals surface area contributed by atoms with E-state index in [1.807, 2.05) is 63.2 Å². The van der Waals surface area contributed by atoms with Gasteiger partial charge in [-0.3, -0.25) is 14.7 Å². The second-order valence-corrected chi connectivity index (χ2v) is 15.6. The van der Waals surface area contributed by atoms with Crippen LogP contribution in [0.3, 0.4) is 0 Å². The van der Waals surface area contributed by atoms with Gasteiger partial charge < -0.3 is 29.5 Å². The summed E-state index contributed by atoms with van der Waals surface area (Å²) in [7, 11) is 3.19. The Bertz CT molecular complexity index is 2020. The zero-order chi connectivity index (χ0) is 38.7. The lowest BCUT2D eigenvalue weighted by molar-refractivity contribution is -0.119. The summed E-state index contributed by atoms with van der Waals surface area (Å²) in [6, 6.07) is 15.2. The second kappa shape index (κ2) is 16.5.